The molecule has 0 spiro atoms. The fourth-order valence-electron chi connectivity index (χ4n) is 3.74. The molecule has 0 radical (unpaired) electrons. The molecular weight excluding hydrogens is 395 g/mol. The molecule has 2 aliphatic rings. The number of carbonyl (C=O) groups is 1. The maximum absolute atomic E-state index is 14.3. The molecule has 4 rings (SSSR count). The fraction of sp³-hybridized carbons (Fsp3) is 0.524. The SMILES string of the molecule is CC(NC(=O)[C@H]1CNC[C@@H]1c1cnn(C)c1)c1ccc(OCC2CC2)c(F)c1.Cl. The molecule has 6 nitrogen and oxygen atoms in total. The Morgan fingerprint density at radius 3 is 2.86 bits per heavy atom. The maximum Gasteiger partial charge on any atom is 0.225 e. The molecule has 8 heteroatoms. The Labute approximate surface area is 176 Å². The molecule has 0 bridgehead atoms. The molecule has 1 aliphatic heterocycles. The molecule has 2 N–H and O–H groups in total. The van der Waals surface area contributed by atoms with Gasteiger partial charge in [0, 0.05) is 32.3 Å². The highest BCUT2D eigenvalue weighted by atomic mass is 35.5. The average molecular weight is 423 g/mol. The molecular formula is C21H28ClFN4O2. The van der Waals surface area contributed by atoms with Crippen LogP contribution in [0.25, 0.3) is 0 Å². The number of halogens is 2. The van der Waals surface area contributed by atoms with Crippen LogP contribution in [0.2, 0.25) is 0 Å². The summed E-state index contributed by atoms with van der Waals surface area (Å²) < 4.78 is 21.6. The van der Waals surface area contributed by atoms with Crippen molar-refractivity contribution in [1.29, 1.82) is 0 Å². The van der Waals surface area contributed by atoms with Crippen LogP contribution in [0.4, 0.5) is 4.39 Å². The van der Waals surface area contributed by atoms with Crippen LogP contribution in [0.1, 0.15) is 42.9 Å². The van der Waals surface area contributed by atoms with E-state index in [0.29, 0.717) is 19.1 Å². The summed E-state index contributed by atoms with van der Waals surface area (Å²) in [6.07, 6.45) is 6.10. The lowest BCUT2D eigenvalue weighted by atomic mass is 9.90. The Kier molecular flexibility index (Phi) is 6.80. The van der Waals surface area contributed by atoms with Crippen LogP contribution in [0.15, 0.2) is 30.6 Å². The number of aryl methyl sites for hydroxylation is 1. The highest BCUT2D eigenvalue weighted by Crippen LogP contribution is 2.31. The van der Waals surface area contributed by atoms with Gasteiger partial charge in [0.15, 0.2) is 11.6 Å². The van der Waals surface area contributed by atoms with Gasteiger partial charge in [0.2, 0.25) is 5.91 Å². The van der Waals surface area contributed by atoms with Gasteiger partial charge in [-0.05, 0) is 48.9 Å². The van der Waals surface area contributed by atoms with Crippen LogP contribution in [-0.2, 0) is 11.8 Å². The number of hydrogen-bond acceptors (Lipinski definition) is 4. The van der Waals surface area contributed by atoms with Gasteiger partial charge in [0.1, 0.15) is 0 Å². The third-order valence-electron chi connectivity index (χ3n) is 5.69. The van der Waals surface area contributed by atoms with E-state index in [-0.39, 0.29) is 47.8 Å². The van der Waals surface area contributed by atoms with E-state index in [4.69, 9.17) is 4.74 Å². The second-order valence-electron chi connectivity index (χ2n) is 7.99. The quantitative estimate of drug-likeness (QED) is 0.719. The van der Waals surface area contributed by atoms with Crippen molar-refractivity contribution in [2.75, 3.05) is 19.7 Å². The lowest BCUT2D eigenvalue weighted by molar-refractivity contribution is -0.125. The molecule has 1 unspecified atom stereocenters. The summed E-state index contributed by atoms with van der Waals surface area (Å²) in [6.45, 7) is 3.83. The Balaban J connectivity index is 0.00000240. The summed E-state index contributed by atoms with van der Waals surface area (Å²) in [5, 5.41) is 10.5. The van der Waals surface area contributed by atoms with Gasteiger partial charge in [-0.3, -0.25) is 9.48 Å². The van der Waals surface area contributed by atoms with Crippen molar-refractivity contribution in [3.63, 3.8) is 0 Å². The molecule has 1 saturated carbocycles. The van der Waals surface area contributed by atoms with Crippen molar-refractivity contribution in [3.05, 3.63) is 47.5 Å². The van der Waals surface area contributed by atoms with Crippen molar-refractivity contribution < 1.29 is 13.9 Å². The van der Waals surface area contributed by atoms with Crippen molar-refractivity contribution >= 4 is 18.3 Å². The number of benzene rings is 1. The van der Waals surface area contributed by atoms with Crippen molar-refractivity contribution in [2.24, 2.45) is 18.9 Å². The van der Waals surface area contributed by atoms with Crippen LogP contribution in [0, 0.1) is 17.7 Å². The third-order valence-corrected chi connectivity index (χ3v) is 5.69. The van der Waals surface area contributed by atoms with E-state index < -0.39 is 0 Å². The van der Waals surface area contributed by atoms with E-state index in [9.17, 15) is 9.18 Å². The first-order valence-electron chi connectivity index (χ1n) is 9.93. The number of nitrogens with zero attached hydrogens (tertiary/aromatic N) is 2. The molecule has 1 aliphatic carbocycles. The van der Waals surface area contributed by atoms with E-state index in [1.54, 1.807) is 10.7 Å². The van der Waals surface area contributed by atoms with Gasteiger partial charge >= 0.3 is 0 Å². The van der Waals surface area contributed by atoms with Crippen LogP contribution in [0.5, 0.6) is 5.75 Å². The summed E-state index contributed by atoms with van der Waals surface area (Å²) >= 11 is 0. The van der Waals surface area contributed by atoms with Crippen LogP contribution in [0.3, 0.4) is 0 Å². The van der Waals surface area contributed by atoms with E-state index >= 15 is 0 Å². The predicted molar refractivity (Wildman–Crippen MR) is 111 cm³/mol. The lowest BCUT2D eigenvalue weighted by Gasteiger charge is -2.21. The van der Waals surface area contributed by atoms with E-state index in [0.717, 1.165) is 17.7 Å². The topological polar surface area (TPSA) is 68.2 Å². The zero-order valence-corrected chi connectivity index (χ0v) is 17.5. The largest absolute Gasteiger partial charge is 0.490 e. The normalized spacial score (nSPS) is 22.0. The Morgan fingerprint density at radius 2 is 2.21 bits per heavy atom. The average Bonchev–Trinajstić information content (AvgIpc) is 3.18. The van der Waals surface area contributed by atoms with Gasteiger partial charge in [-0.25, -0.2) is 4.39 Å². The molecule has 29 heavy (non-hydrogen) atoms. The second kappa shape index (κ2) is 9.13. The molecule has 2 fully saturated rings. The van der Waals surface area contributed by atoms with Gasteiger partial charge in [-0.15, -0.1) is 12.4 Å². The molecule has 1 aromatic carbocycles. The summed E-state index contributed by atoms with van der Waals surface area (Å²) in [6, 6.07) is 4.65. The van der Waals surface area contributed by atoms with Crippen molar-refractivity contribution in [1.82, 2.24) is 20.4 Å². The first-order valence-corrected chi connectivity index (χ1v) is 9.93. The van der Waals surface area contributed by atoms with Crippen molar-refractivity contribution in [2.45, 2.75) is 31.7 Å². The molecule has 1 aromatic heterocycles. The Morgan fingerprint density at radius 1 is 1.41 bits per heavy atom. The number of carbonyl (C=O) groups excluding carboxylic acids is 1. The smallest absolute Gasteiger partial charge is 0.225 e. The highest BCUT2D eigenvalue weighted by molar-refractivity contribution is 5.85. The number of ether oxygens (including phenoxy) is 1. The van der Waals surface area contributed by atoms with E-state index in [1.807, 2.05) is 32.4 Å². The minimum absolute atomic E-state index is 0. The van der Waals surface area contributed by atoms with Crippen LogP contribution in [-0.4, -0.2) is 35.4 Å². The van der Waals surface area contributed by atoms with Crippen LogP contribution >= 0.6 is 12.4 Å². The van der Waals surface area contributed by atoms with Gasteiger partial charge in [-0.2, -0.15) is 5.10 Å². The van der Waals surface area contributed by atoms with E-state index in [2.05, 4.69) is 15.7 Å². The molecule has 2 aromatic rings. The number of amides is 1. The highest BCUT2D eigenvalue weighted by Gasteiger charge is 2.35. The lowest BCUT2D eigenvalue weighted by Crippen LogP contribution is -2.36. The number of nitrogens with one attached hydrogen (secondary N) is 2. The maximum atomic E-state index is 14.3. The van der Waals surface area contributed by atoms with Crippen LogP contribution < -0.4 is 15.4 Å². The zero-order chi connectivity index (χ0) is 19.7. The standard InChI is InChI=1S/C21H27FN4O2.ClH/c1-13(15-5-6-20(19(22)7-15)28-12-14-3-4-14)25-21(27)18-10-23-9-17(18)16-8-24-26(2)11-16;/h5-8,11,13-14,17-18,23H,3-4,9-10,12H2,1-2H3,(H,25,27);1H/t13?,17-,18+;/m1./s1. The van der Waals surface area contributed by atoms with Crippen molar-refractivity contribution in [3.8, 4) is 5.75 Å². The molecule has 2 heterocycles. The Hall–Kier alpha value is -2.12. The Bertz CT molecular complexity index is 855. The van der Waals surface area contributed by atoms with Gasteiger partial charge in [-0.1, -0.05) is 6.07 Å². The number of rotatable bonds is 7. The fourth-order valence-corrected chi connectivity index (χ4v) is 3.74. The third kappa shape index (κ3) is 5.08. The summed E-state index contributed by atoms with van der Waals surface area (Å²) in [5.74, 6) is 0.375. The van der Waals surface area contributed by atoms with E-state index in [1.165, 1.54) is 18.9 Å². The van der Waals surface area contributed by atoms with Gasteiger partial charge in [0.05, 0.1) is 24.8 Å². The van der Waals surface area contributed by atoms with Gasteiger partial charge < -0.3 is 15.4 Å². The summed E-state index contributed by atoms with van der Waals surface area (Å²) in [7, 11) is 1.87. The molecule has 158 valence electrons. The first-order chi connectivity index (χ1) is 13.5. The molecule has 3 atom stereocenters. The minimum Gasteiger partial charge on any atom is -0.490 e. The number of hydrogen-bond donors (Lipinski definition) is 2. The molecule has 1 saturated heterocycles. The summed E-state index contributed by atoms with van der Waals surface area (Å²) in [5.41, 5.74) is 1.79. The zero-order valence-electron chi connectivity index (χ0n) is 16.7. The van der Waals surface area contributed by atoms with Gasteiger partial charge in [0.25, 0.3) is 0 Å². The monoisotopic (exact) mass is 422 g/mol. The first kappa shape index (κ1) is 21.6. The second-order valence-corrected chi connectivity index (χ2v) is 7.99. The summed E-state index contributed by atoms with van der Waals surface area (Å²) in [4.78, 5) is 12.9. The minimum atomic E-state index is -0.380. The molecule has 1 amide bonds. The number of aromatic nitrogens is 2. The predicted octanol–water partition coefficient (Wildman–Crippen LogP) is 2.95.